The molecule has 0 spiro atoms. The third-order valence-electron chi connectivity index (χ3n) is 2.21. The first-order chi connectivity index (χ1) is 4.88. The molecule has 0 bridgehead atoms. The monoisotopic (exact) mass is 155 g/mol. The molecule has 1 atom stereocenters. The standard InChI is InChI=1S/C8H13NS/c1-10-8(6-9)7-4-2-3-5-7/h7-8H,2-5H2,1H3. The van der Waals surface area contributed by atoms with Gasteiger partial charge in [-0.1, -0.05) is 12.8 Å². The quantitative estimate of drug-likeness (QED) is 0.611. The largest absolute Gasteiger partial charge is 0.197 e. The molecule has 0 radical (unpaired) electrons. The number of hydrogen-bond acceptors (Lipinski definition) is 2. The molecule has 0 aromatic rings. The Morgan fingerprint density at radius 2 is 2.10 bits per heavy atom. The molecule has 1 saturated carbocycles. The van der Waals surface area contributed by atoms with Crippen molar-refractivity contribution in [2.24, 2.45) is 5.92 Å². The van der Waals surface area contributed by atoms with Gasteiger partial charge in [0.25, 0.3) is 0 Å². The Balaban J connectivity index is 2.38. The maximum absolute atomic E-state index is 8.72. The molecule has 1 rings (SSSR count). The zero-order chi connectivity index (χ0) is 7.40. The van der Waals surface area contributed by atoms with E-state index in [1.54, 1.807) is 11.8 Å². The number of nitrogens with zero attached hydrogens (tertiary/aromatic N) is 1. The van der Waals surface area contributed by atoms with Crippen LogP contribution < -0.4 is 0 Å². The Labute approximate surface area is 66.8 Å². The molecule has 1 fully saturated rings. The van der Waals surface area contributed by atoms with Crippen molar-refractivity contribution in [1.29, 1.82) is 5.26 Å². The lowest BCUT2D eigenvalue weighted by Crippen LogP contribution is -2.10. The second-order valence-corrected chi connectivity index (χ2v) is 3.81. The highest BCUT2D eigenvalue weighted by Crippen LogP contribution is 2.32. The maximum atomic E-state index is 8.72. The van der Waals surface area contributed by atoms with Crippen LogP contribution in [0.25, 0.3) is 0 Å². The fraction of sp³-hybridized carbons (Fsp3) is 0.875. The van der Waals surface area contributed by atoms with E-state index >= 15 is 0 Å². The number of thioether (sulfide) groups is 1. The Hall–Kier alpha value is -0.160. The summed E-state index contributed by atoms with van der Waals surface area (Å²) in [4.78, 5) is 0. The minimum atomic E-state index is 0.266. The van der Waals surface area contributed by atoms with Crippen molar-refractivity contribution in [3.63, 3.8) is 0 Å². The van der Waals surface area contributed by atoms with Crippen LogP contribution in [0.5, 0.6) is 0 Å². The summed E-state index contributed by atoms with van der Waals surface area (Å²) in [7, 11) is 0. The summed E-state index contributed by atoms with van der Waals surface area (Å²) in [6, 6.07) is 2.36. The molecule has 0 aliphatic heterocycles. The summed E-state index contributed by atoms with van der Waals surface area (Å²) in [6.45, 7) is 0. The van der Waals surface area contributed by atoms with Gasteiger partial charge in [0.1, 0.15) is 0 Å². The van der Waals surface area contributed by atoms with Crippen LogP contribution in [0.15, 0.2) is 0 Å². The minimum Gasteiger partial charge on any atom is -0.197 e. The minimum absolute atomic E-state index is 0.266. The summed E-state index contributed by atoms with van der Waals surface area (Å²) < 4.78 is 0. The highest BCUT2D eigenvalue weighted by Gasteiger charge is 2.23. The van der Waals surface area contributed by atoms with E-state index < -0.39 is 0 Å². The van der Waals surface area contributed by atoms with E-state index in [1.165, 1.54) is 25.7 Å². The smallest absolute Gasteiger partial charge is 0.0941 e. The molecule has 0 amide bonds. The summed E-state index contributed by atoms with van der Waals surface area (Å²) in [5, 5.41) is 8.98. The third-order valence-corrected chi connectivity index (χ3v) is 3.21. The molecule has 1 aliphatic carbocycles. The van der Waals surface area contributed by atoms with Crippen LogP contribution in [0.3, 0.4) is 0 Å². The first-order valence-corrected chi connectivity index (χ1v) is 5.09. The summed E-state index contributed by atoms with van der Waals surface area (Å²) in [6.07, 6.45) is 7.26. The van der Waals surface area contributed by atoms with E-state index in [0.29, 0.717) is 5.92 Å². The predicted molar refractivity (Wildman–Crippen MR) is 44.9 cm³/mol. The molecular formula is C8H13NS. The van der Waals surface area contributed by atoms with Crippen molar-refractivity contribution in [1.82, 2.24) is 0 Å². The van der Waals surface area contributed by atoms with Crippen molar-refractivity contribution < 1.29 is 0 Å². The first kappa shape index (κ1) is 7.94. The van der Waals surface area contributed by atoms with Crippen molar-refractivity contribution in [2.75, 3.05) is 6.26 Å². The summed E-state index contributed by atoms with van der Waals surface area (Å²) in [5.41, 5.74) is 0. The average molecular weight is 155 g/mol. The molecule has 1 nitrogen and oxygen atoms in total. The lowest BCUT2D eigenvalue weighted by Gasteiger charge is -2.12. The fourth-order valence-electron chi connectivity index (χ4n) is 1.61. The van der Waals surface area contributed by atoms with E-state index in [2.05, 4.69) is 6.07 Å². The van der Waals surface area contributed by atoms with Gasteiger partial charge < -0.3 is 0 Å². The predicted octanol–water partition coefficient (Wildman–Crippen LogP) is 2.43. The highest BCUT2D eigenvalue weighted by atomic mass is 32.2. The van der Waals surface area contributed by atoms with Gasteiger partial charge in [0.2, 0.25) is 0 Å². The van der Waals surface area contributed by atoms with Gasteiger partial charge in [-0.3, -0.25) is 0 Å². The van der Waals surface area contributed by atoms with E-state index in [9.17, 15) is 0 Å². The van der Waals surface area contributed by atoms with Crippen LogP contribution in [0, 0.1) is 17.2 Å². The molecule has 56 valence electrons. The average Bonchev–Trinajstić information content (AvgIpc) is 2.43. The topological polar surface area (TPSA) is 23.8 Å². The van der Waals surface area contributed by atoms with Crippen molar-refractivity contribution in [2.45, 2.75) is 30.9 Å². The maximum Gasteiger partial charge on any atom is 0.0941 e. The van der Waals surface area contributed by atoms with Gasteiger partial charge in [-0.15, -0.1) is 11.8 Å². The summed E-state index contributed by atoms with van der Waals surface area (Å²) in [5.74, 6) is 0.694. The van der Waals surface area contributed by atoms with Crippen molar-refractivity contribution in [3.05, 3.63) is 0 Å². The molecule has 0 N–H and O–H groups in total. The van der Waals surface area contributed by atoms with Crippen LogP contribution in [0.1, 0.15) is 25.7 Å². The lowest BCUT2D eigenvalue weighted by atomic mass is 10.1. The molecule has 1 aliphatic rings. The molecule has 10 heavy (non-hydrogen) atoms. The Bertz CT molecular complexity index is 133. The van der Waals surface area contributed by atoms with Gasteiger partial charge in [0, 0.05) is 0 Å². The Kier molecular flexibility index (Phi) is 3.08. The van der Waals surface area contributed by atoms with E-state index in [4.69, 9.17) is 5.26 Å². The van der Waals surface area contributed by atoms with Gasteiger partial charge in [0.15, 0.2) is 0 Å². The van der Waals surface area contributed by atoms with Crippen LogP contribution in [-0.4, -0.2) is 11.5 Å². The Morgan fingerprint density at radius 1 is 1.50 bits per heavy atom. The summed E-state index contributed by atoms with van der Waals surface area (Å²) >= 11 is 1.71. The molecule has 1 unspecified atom stereocenters. The number of hydrogen-bond donors (Lipinski definition) is 0. The molecule has 0 aromatic carbocycles. The van der Waals surface area contributed by atoms with Crippen molar-refractivity contribution in [3.8, 4) is 6.07 Å². The van der Waals surface area contributed by atoms with E-state index in [1.807, 2.05) is 6.26 Å². The molecule has 2 heteroatoms. The highest BCUT2D eigenvalue weighted by molar-refractivity contribution is 7.99. The zero-order valence-corrected chi connectivity index (χ0v) is 7.16. The number of rotatable bonds is 2. The molecule has 0 aromatic heterocycles. The second kappa shape index (κ2) is 3.88. The van der Waals surface area contributed by atoms with Crippen LogP contribution in [0.2, 0.25) is 0 Å². The van der Waals surface area contributed by atoms with Gasteiger partial charge in [-0.05, 0) is 25.0 Å². The van der Waals surface area contributed by atoms with Crippen LogP contribution >= 0.6 is 11.8 Å². The zero-order valence-electron chi connectivity index (χ0n) is 6.34. The van der Waals surface area contributed by atoms with Gasteiger partial charge >= 0.3 is 0 Å². The normalized spacial score (nSPS) is 22.4. The SMILES string of the molecule is CSC(C#N)C1CCCC1. The first-order valence-electron chi connectivity index (χ1n) is 3.81. The van der Waals surface area contributed by atoms with Crippen molar-refractivity contribution >= 4 is 11.8 Å². The van der Waals surface area contributed by atoms with Crippen LogP contribution in [-0.2, 0) is 0 Å². The van der Waals surface area contributed by atoms with Gasteiger partial charge in [0.05, 0.1) is 11.3 Å². The van der Waals surface area contributed by atoms with Gasteiger partial charge in [-0.25, -0.2) is 0 Å². The second-order valence-electron chi connectivity index (χ2n) is 2.83. The van der Waals surface area contributed by atoms with E-state index in [-0.39, 0.29) is 5.25 Å². The van der Waals surface area contributed by atoms with Gasteiger partial charge in [-0.2, -0.15) is 5.26 Å². The molecule has 0 saturated heterocycles. The number of nitriles is 1. The Morgan fingerprint density at radius 3 is 2.50 bits per heavy atom. The fourth-order valence-corrected chi connectivity index (χ4v) is 2.37. The molecule has 0 heterocycles. The van der Waals surface area contributed by atoms with E-state index in [0.717, 1.165) is 0 Å². The lowest BCUT2D eigenvalue weighted by molar-refractivity contribution is 0.576. The third kappa shape index (κ3) is 1.67. The van der Waals surface area contributed by atoms with Crippen LogP contribution in [0.4, 0.5) is 0 Å². The molecular weight excluding hydrogens is 142 g/mol.